The molecular weight excluding hydrogens is 266 g/mol. The van der Waals surface area contributed by atoms with Crippen molar-refractivity contribution in [3.63, 3.8) is 0 Å². The normalized spacial score (nSPS) is 13.1. The molecule has 0 atom stereocenters. The van der Waals surface area contributed by atoms with E-state index in [0.717, 1.165) is 0 Å². The standard InChI is InChI=1S/C12H27N3O3S/c1-12(2,3)13-11(16)7-8-15(19(6,17)18)10-9-14(4)5/h7-10H2,1-6H3,(H,13,16). The topological polar surface area (TPSA) is 69.7 Å². The second-order valence-electron chi connectivity index (χ2n) is 6.01. The van der Waals surface area contributed by atoms with Gasteiger partial charge in [0.15, 0.2) is 0 Å². The molecule has 7 heteroatoms. The van der Waals surface area contributed by atoms with Gasteiger partial charge in [0, 0.05) is 31.6 Å². The average Bonchev–Trinajstić information content (AvgIpc) is 2.11. The van der Waals surface area contributed by atoms with Crippen LogP contribution in [-0.4, -0.2) is 69.1 Å². The van der Waals surface area contributed by atoms with Crippen LogP contribution in [0.25, 0.3) is 0 Å². The van der Waals surface area contributed by atoms with Gasteiger partial charge in [0.25, 0.3) is 0 Å². The predicted molar refractivity (Wildman–Crippen MR) is 77.5 cm³/mol. The van der Waals surface area contributed by atoms with Crippen molar-refractivity contribution in [2.75, 3.05) is 40.0 Å². The van der Waals surface area contributed by atoms with Crippen molar-refractivity contribution in [1.82, 2.24) is 14.5 Å². The van der Waals surface area contributed by atoms with E-state index in [9.17, 15) is 13.2 Å². The first-order valence-electron chi connectivity index (χ1n) is 6.32. The molecule has 0 aliphatic heterocycles. The molecule has 6 nitrogen and oxygen atoms in total. The molecule has 0 spiro atoms. The first-order chi connectivity index (χ1) is 8.42. The number of hydrogen-bond donors (Lipinski definition) is 1. The summed E-state index contributed by atoms with van der Waals surface area (Å²) in [5.74, 6) is -0.133. The lowest BCUT2D eigenvalue weighted by Crippen LogP contribution is -2.43. The smallest absolute Gasteiger partial charge is 0.221 e. The van der Waals surface area contributed by atoms with Crippen molar-refractivity contribution >= 4 is 15.9 Å². The molecule has 0 aliphatic rings. The fourth-order valence-corrected chi connectivity index (χ4v) is 2.30. The van der Waals surface area contributed by atoms with Gasteiger partial charge in [0.05, 0.1) is 6.26 Å². The number of carbonyl (C=O) groups is 1. The van der Waals surface area contributed by atoms with Crippen molar-refractivity contribution in [2.45, 2.75) is 32.7 Å². The Labute approximate surface area is 117 Å². The zero-order chi connectivity index (χ0) is 15.3. The summed E-state index contributed by atoms with van der Waals surface area (Å²) in [6.45, 7) is 6.93. The van der Waals surface area contributed by atoms with Gasteiger partial charge in [-0.2, -0.15) is 0 Å². The molecule has 0 saturated heterocycles. The Morgan fingerprint density at radius 2 is 1.63 bits per heavy atom. The molecule has 0 aromatic rings. The average molecular weight is 293 g/mol. The van der Waals surface area contributed by atoms with Gasteiger partial charge in [0.2, 0.25) is 15.9 Å². The summed E-state index contributed by atoms with van der Waals surface area (Å²) >= 11 is 0. The molecule has 1 amide bonds. The molecule has 0 saturated carbocycles. The SMILES string of the molecule is CN(C)CCN(CCC(=O)NC(C)(C)C)S(C)(=O)=O. The van der Waals surface area contributed by atoms with Gasteiger partial charge < -0.3 is 10.2 Å². The number of sulfonamides is 1. The Morgan fingerprint density at radius 3 is 2.00 bits per heavy atom. The summed E-state index contributed by atoms with van der Waals surface area (Å²) in [5, 5.41) is 2.82. The maximum absolute atomic E-state index is 11.7. The highest BCUT2D eigenvalue weighted by Crippen LogP contribution is 2.03. The molecule has 0 unspecified atom stereocenters. The number of nitrogens with one attached hydrogen (secondary N) is 1. The number of hydrogen-bond acceptors (Lipinski definition) is 4. The Balaban J connectivity index is 4.39. The lowest BCUT2D eigenvalue weighted by molar-refractivity contribution is -0.122. The van der Waals surface area contributed by atoms with E-state index in [1.807, 2.05) is 39.8 Å². The Morgan fingerprint density at radius 1 is 1.11 bits per heavy atom. The molecule has 0 aromatic heterocycles. The quantitative estimate of drug-likeness (QED) is 0.723. The van der Waals surface area contributed by atoms with Crippen LogP contribution >= 0.6 is 0 Å². The molecule has 0 aromatic carbocycles. The third kappa shape index (κ3) is 9.86. The second-order valence-corrected chi connectivity index (χ2v) is 8.00. The monoisotopic (exact) mass is 293 g/mol. The van der Waals surface area contributed by atoms with Gasteiger partial charge in [-0.15, -0.1) is 0 Å². The van der Waals surface area contributed by atoms with E-state index in [2.05, 4.69) is 5.32 Å². The van der Waals surface area contributed by atoms with Crippen LogP contribution in [0.1, 0.15) is 27.2 Å². The minimum Gasteiger partial charge on any atom is -0.351 e. The molecule has 0 aliphatic carbocycles. The number of carbonyl (C=O) groups excluding carboxylic acids is 1. The van der Waals surface area contributed by atoms with E-state index in [0.29, 0.717) is 13.1 Å². The maximum Gasteiger partial charge on any atom is 0.221 e. The second kappa shape index (κ2) is 7.21. The van der Waals surface area contributed by atoms with Crippen molar-refractivity contribution in [1.29, 1.82) is 0 Å². The van der Waals surface area contributed by atoms with Crippen LogP contribution < -0.4 is 5.32 Å². The summed E-state index contributed by atoms with van der Waals surface area (Å²) in [6, 6.07) is 0. The number of likely N-dealkylation sites (N-methyl/N-ethyl adjacent to an activating group) is 1. The minimum atomic E-state index is -3.27. The molecule has 0 radical (unpaired) electrons. The Kier molecular flexibility index (Phi) is 6.96. The van der Waals surface area contributed by atoms with Crippen molar-refractivity contribution in [3.05, 3.63) is 0 Å². The van der Waals surface area contributed by atoms with Crippen molar-refractivity contribution < 1.29 is 13.2 Å². The molecule has 0 bridgehead atoms. The van der Waals surface area contributed by atoms with Gasteiger partial charge in [-0.05, 0) is 34.9 Å². The maximum atomic E-state index is 11.7. The molecule has 19 heavy (non-hydrogen) atoms. The fourth-order valence-electron chi connectivity index (χ4n) is 1.46. The lowest BCUT2D eigenvalue weighted by Gasteiger charge is -2.24. The van der Waals surface area contributed by atoms with Gasteiger partial charge in [0.1, 0.15) is 0 Å². The van der Waals surface area contributed by atoms with E-state index >= 15 is 0 Å². The van der Waals surface area contributed by atoms with Crippen LogP contribution in [0.2, 0.25) is 0 Å². The zero-order valence-corrected chi connectivity index (χ0v) is 13.7. The fraction of sp³-hybridized carbons (Fsp3) is 0.917. The van der Waals surface area contributed by atoms with Crippen LogP contribution in [0.3, 0.4) is 0 Å². The van der Waals surface area contributed by atoms with Crippen LogP contribution in [-0.2, 0) is 14.8 Å². The largest absolute Gasteiger partial charge is 0.351 e. The van der Waals surface area contributed by atoms with E-state index in [1.165, 1.54) is 10.6 Å². The zero-order valence-electron chi connectivity index (χ0n) is 12.9. The van der Waals surface area contributed by atoms with Crippen molar-refractivity contribution in [2.24, 2.45) is 0 Å². The van der Waals surface area contributed by atoms with E-state index in [4.69, 9.17) is 0 Å². The Bertz CT molecular complexity index is 386. The summed E-state index contributed by atoms with van der Waals surface area (Å²) < 4.78 is 24.6. The minimum absolute atomic E-state index is 0.133. The summed E-state index contributed by atoms with van der Waals surface area (Å²) in [4.78, 5) is 13.6. The van der Waals surface area contributed by atoms with Gasteiger partial charge >= 0.3 is 0 Å². The van der Waals surface area contributed by atoms with Gasteiger partial charge in [-0.25, -0.2) is 12.7 Å². The van der Waals surface area contributed by atoms with Crippen LogP contribution in [0, 0.1) is 0 Å². The molecule has 114 valence electrons. The number of nitrogens with zero attached hydrogens (tertiary/aromatic N) is 2. The first kappa shape index (κ1) is 18.3. The van der Waals surface area contributed by atoms with Gasteiger partial charge in [-0.1, -0.05) is 0 Å². The highest BCUT2D eigenvalue weighted by atomic mass is 32.2. The molecule has 0 fully saturated rings. The molecule has 0 heterocycles. The van der Waals surface area contributed by atoms with E-state index in [-0.39, 0.29) is 24.4 Å². The highest BCUT2D eigenvalue weighted by Gasteiger charge is 2.19. The highest BCUT2D eigenvalue weighted by molar-refractivity contribution is 7.88. The van der Waals surface area contributed by atoms with Crippen LogP contribution in [0.15, 0.2) is 0 Å². The van der Waals surface area contributed by atoms with E-state index in [1.54, 1.807) is 0 Å². The molecule has 1 N–H and O–H groups in total. The number of rotatable bonds is 7. The third-order valence-corrected chi connectivity index (χ3v) is 3.67. The Hall–Kier alpha value is -0.660. The first-order valence-corrected chi connectivity index (χ1v) is 8.17. The van der Waals surface area contributed by atoms with Crippen molar-refractivity contribution in [3.8, 4) is 0 Å². The predicted octanol–water partition coefficient (Wildman–Crippen LogP) is 0.114. The molecule has 0 rings (SSSR count). The number of amides is 1. The van der Waals surface area contributed by atoms with E-state index < -0.39 is 10.0 Å². The summed E-state index contributed by atoms with van der Waals surface area (Å²) in [7, 11) is 0.490. The van der Waals surface area contributed by atoms with Crippen LogP contribution in [0.4, 0.5) is 0 Å². The molecular formula is C12H27N3O3S. The summed E-state index contributed by atoms with van der Waals surface area (Å²) in [6.07, 6.45) is 1.35. The third-order valence-electron chi connectivity index (χ3n) is 2.37. The summed E-state index contributed by atoms with van der Waals surface area (Å²) in [5.41, 5.74) is -0.295. The lowest BCUT2D eigenvalue weighted by atomic mass is 10.1. The van der Waals surface area contributed by atoms with Crippen LogP contribution in [0.5, 0.6) is 0 Å². The van der Waals surface area contributed by atoms with Gasteiger partial charge in [-0.3, -0.25) is 4.79 Å².